The van der Waals surface area contributed by atoms with Crippen LogP contribution in [0.4, 0.5) is 13.2 Å². The lowest BCUT2D eigenvalue weighted by Gasteiger charge is -2.07. The Bertz CT molecular complexity index is 822. The molecule has 0 aliphatic heterocycles. The molecule has 0 atom stereocenters. The lowest BCUT2D eigenvalue weighted by Crippen LogP contribution is -2.08. The number of halogens is 4. The zero-order valence-corrected chi connectivity index (χ0v) is 12.9. The fourth-order valence-electron chi connectivity index (χ4n) is 2.48. The summed E-state index contributed by atoms with van der Waals surface area (Å²) in [6, 6.07) is 15.0. The Morgan fingerprint density at radius 2 is 1.57 bits per heavy atom. The zero-order valence-electron chi connectivity index (χ0n) is 12.1. The smallest absolute Gasteiger partial charge is 0.237 e. The van der Waals surface area contributed by atoms with Crippen molar-refractivity contribution >= 4 is 11.6 Å². The zero-order chi connectivity index (χ0) is 16.6. The van der Waals surface area contributed by atoms with Crippen molar-refractivity contribution < 1.29 is 13.2 Å². The first kappa shape index (κ1) is 15.6. The number of benzene rings is 2. The highest BCUT2D eigenvalue weighted by molar-refractivity contribution is 6.30. The normalized spacial score (nSPS) is 11.7. The van der Waals surface area contributed by atoms with Crippen LogP contribution in [0.2, 0.25) is 5.02 Å². The molecule has 0 aliphatic rings. The molecule has 0 radical (unpaired) electrons. The van der Waals surface area contributed by atoms with E-state index in [0.29, 0.717) is 22.0 Å². The van der Waals surface area contributed by atoms with Gasteiger partial charge in [-0.1, -0.05) is 41.9 Å². The summed E-state index contributed by atoms with van der Waals surface area (Å²) in [4.78, 5) is 0. The van der Waals surface area contributed by atoms with E-state index in [0.717, 1.165) is 0 Å². The summed E-state index contributed by atoms with van der Waals surface area (Å²) in [7, 11) is 0. The minimum absolute atomic E-state index is 0.0676. The van der Waals surface area contributed by atoms with Crippen LogP contribution in [-0.2, 0) is 6.18 Å². The molecule has 0 saturated heterocycles. The standard InChI is InChI=1S/C17H12ClF3N2/c1-11-15(12-7-9-13(18)10-8-12)16(17(19,20)21)22-23(11)14-5-3-2-4-6-14/h2-10H,1H3. The first-order chi connectivity index (χ1) is 10.9. The highest BCUT2D eigenvalue weighted by Gasteiger charge is 2.39. The van der Waals surface area contributed by atoms with Gasteiger partial charge in [-0.3, -0.25) is 0 Å². The van der Waals surface area contributed by atoms with E-state index >= 15 is 0 Å². The molecule has 0 amide bonds. The third kappa shape index (κ3) is 2.97. The highest BCUT2D eigenvalue weighted by Crippen LogP contribution is 2.39. The molecule has 23 heavy (non-hydrogen) atoms. The first-order valence-electron chi connectivity index (χ1n) is 6.86. The number of nitrogens with zero attached hydrogens (tertiary/aromatic N) is 2. The molecule has 2 nitrogen and oxygen atoms in total. The second-order valence-corrected chi connectivity index (χ2v) is 5.50. The predicted molar refractivity (Wildman–Crippen MR) is 83.7 cm³/mol. The molecule has 1 heterocycles. The van der Waals surface area contributed by atoms with Crippen molar-refractivity contribution in [3.05, 3.63) is 71.0 Å². The van der Waals surface area contributed by atoms with Crippen LogP contribution in [0.3, 0.4) is 0 Å². The molecule has 3 aromatic rings. The van der Waals surface area contributed by atoms with Gasteiger partial charge in [0.25, 0.3) is 0 Å². The molecule has 0 bridgehead atoms. The maximum Gasteiger partial charge on any atom is 0.435 e. The largest absolute Gasteiger partial charge is 0.435 e. The van der Waals surface area contributed by atoms with Crippen molar-refractivity contribution in [1.82, 2.24) is 9.78 Å². The Hall–Kier alpha value is -2.27. The van der Waals surface area contributed by atoms with Crippen LogP contribution >= 0.6 is 11.6 Å². The topological polar surface area (TPSA) is 17.8 Å². The van der Waals surface area contributed by atoms with Crippen molar-refractivity contribution in [2.75, 3.05) is 0 Å². The summed E-state index contributed by atoms with van der Waals surface area (Å²) in [6.07, 6.45) is -4.54. The maximum absolute atomic E-state index is 13.4. The van der Waals surface area contributed by atoms with Gasteiger partial charge in [0.05, 0.1) is 5.69 Å². The quantitative estimate of drug-likeness (QED) is 0.602. The minimum atomic E-state index is -4.54. The fraction of sp³-hybridized carbons (Fsp3) is 0.118. The third-order valence-corrected chi connectivity index (χ3v) is 3.77. The van der Waals surface area contributed by atoms with Gasteiger partial charge < -0.3 is 0 Å². The van der Waals surface area contributed by atoms with E-state index in [2.05, 4.69) is 5.10 Å². The van der Waals surface area contributed by atoms with Gasteiger partial charge in [0, 0.05) is 16.3 Å². The molecular formula is C17H12ClF3N2. The van der Waals surface area contributed by atoms with E-state index in [-0.39, 0.29) is 5.56 Å². The monoisotopic (exact) mass is 336 g/mol. The lowest BCUT2D eigenvalue weighted by molar-refractivity contribution is -0.140. The Balaban J connectivity index is 2.25. The Labute approximate surface area is 136 Å². The highest BCUT2D eigenvalue weighted by atomic mass is 35.5. The molecule has 6 heteroatoms. The van der Waals surface area contributed by atoms with Crippen molar-refractivity contribution in [2.45, 2.75) is 13.1 Å². The van der Waals surface area contributed by atoms with Crippen LogP contribution in [0.25, 0.3) is 16.8 Å². The van der Waals surface area contributed by atoms with Gasteiger partial charge in [-0.2, -0.15) is 18.3 Å². The SMILES string of the molecule is Cc1c(-c2ccc(Cl)cc2)c(C(F)(F)F)nn1-c1ccccc1. The van der Waals surface area contributed by atoms with Crippen LogP contribution in [0, 0.1) is 6.92 Å². The Morgan fingerprint density at radius 3 is 2.13 bits per heavy atom. The number of aromatic nitrogens is 2. The Morgan fingerprint density at radius 1 is 0.957 bits per heavy atom. The van der Waals surface area contributed by atoms with Crippen molar-refractivity contribution in [2.24, 2.45) is 0 Å². The summed E-state index contributed by atoms with van der Waals surface area (Å²) < 4.78 is 41.6. The molecule has 0 N–H and O–H groups in total. The van der Waals surface area contributed by atoms with Gasteiger partial charge in [-0.25, -0.2) is 4.68 Å². The second kappa shape index (κ2) is 5.74. The van der Waals surface area contributed by atoms with E-state index in [1.165, 1.54) is 4.68 Å². The average molecular weight is 337 g/mol. The molecule has 118 valence electrons. The van der Waals surface area contributed by atoms with Gasteiger partial charge in [0.1, 0.15) is 0 Å². The second-order valence-electron chi connectivity index (χ2n) is 5.06. The molecule has 2 aromatic carbocycles. The molecule has 0 saturated carbocycles. The summed E-state index contributed by atoms with van der Waals surface area (Å²) >= 11 is 5.83. The van der Waals surface area contributed by atoms with Gasteiger partial charge >= 0.3 is 6.18 Å². The Kier molecular flexibility index (Phi) is 3.90. The van der Waals surface area contributed by atoms with Crippen LogP contribution in [0.1, 0.15) is 11.4 Å². The maximum atomic E-state index is 13.4. The lowest BCUT2D eigenvalue weighted by atomic mass is 10.0. The minimum Gasteiger partial charge on any atom is -0.237 e. The van der Waals surface area contributed by atoms with Crippen LogP contribution in [-0.4, -0.2) is 9.78 Å². The van der Waals surface area contributed by atoms with E-state index < -0.39 is 11.9 Å². The molecule has 0 unspecified atom stereocenters. The molecule has 1 aromatic heterocycles. The van der Waals surface area contributed by atoms with Crippen LogP contribution in [0.5, 0.6) is 0 Å². The average Bonchev–Trinajstić information content (AvgIpc) is 2.87. The summed E-state index contributed by atoms with van der Waals surface area (Å²) in [5, 5.41) is 4.28. The first-order valence-corrected chi connectivity index (χ1v) is 7.24. The van der Waals surface area contributed by atoms with Gasteiger partial charge in [0.2, 0.25) is 0 Å². The van der Waals surface area contributed by atoms with Crippen molar-refractivity contribution in [1.29, 1.82) is 0 Å². The van der Waals surface area contributed by atoms with E-state index in [1.807, 2.05) is 0 Å². The molecular weight excluding hydrogens is 325 g/mol. The van der Waals surface area contributed by atoms with Gasteiger partial charge in [-0.15, -0.1) is 0 Å². The number of alkyl halides is 3. The molecule has 0 aliphatic carbocycles. The molecule has 0 fully saturated rings. The summed E-state index contributed by atoms with van der Waals surface area (Å²) in [5.41, 5.74) is 0.599. The fourth-order valence-corrected chi connectivity index (χ4v) is 2.61. The van der Waals surface area contributed by atoms with Gasteiger partial charge in [-0.05, 0) is 36.8 Å². The summed E-state index contributed by atoms with van der Waals surface area (Å²) in [5.74, 6) is 0. The van der Waals surface area contributed by atoms with Crippen LogP contribution in [0.15, 0.2) is 54.6 Å². The number of hydrogen-bond donors (Lipinski definition) is 0. The van der Waals surface area contributed by atoms with E-state index in [9.17, 15) is 13.2 Å². The molecule has 3 rings (SSSR count). The number of rotatable bonds is 2. The van der Waals surface area contributed by atoms with E-state index in [4.69, 9.17) is 11.6 Å². The number of hydrogen-bond acceptors (Lipinski definition) is 1. The van der Waals surface area contributed by atoms with Gasteiger partial charge in [0.15, 0.2) is 5.69 Å². The van der Waals surface area contributed by atoms with Crippen molar-refractivity contribution in [3.8, 4) is 16.8 Å². The van der Waals surface area contributed by atoms with E-state index in [1.54, 1.807) is 61.5 Å². The third-order valence-electron chi connectivity index (χ3n) is 3.52. The predicted octanol–water partition coefficient (Wildman–Crippen LogP) is 5.52. The summed E-state index contributed by atoms with van der Waals surface area (Å²) in [6.45, 7) is 1.62. The number of para-hydroxylation sites is 1. The molecule has 0 spiro atoms. The van der Waals surface area contributed by atoms with Crippen molar-refractivity contribution in [3.63, 3.8) is 0 Å². The van der Waals surface area contributed by atoms with Crippen LogP contribution < -0.4 is 0 Å².